The van der Waals surface area contributed by atoms with Gasteiger partial charge in [0.2, 0.25) is 0 Å². The van der Waals surface area contributed by atoms with Crippen LogP contribution in [-0.4, -0.2) is 19.5 Å². The minimum Gasteiger partial charge on any atom is -0.350 e. The first kappa shape index (κ1) is 10.2. The van der Waals surface area contributed by atoms with Gasteiger partial charge in [0.05, 0.1) is 25.7 Å². The van der Waals surface area contributed by atoms with Crippen molar-refractivity contribution in [2.24, 2.45) is 0 Å². The van der Waals surface area contributed by atoms with Crippen LogP contribution in [0.5, 0.6) is 0 Å². The number of hydrogen-bond acceptors (Lipinski definition) is 3. The summed E-state index contributed by atoms with van der Waals surface area (Å²) in [7, 11) is 0. The standard InChI is InChI=1S/C12H13NO2/c13-6-5-10-3-1-2-4-11(10)9-12-14-7-8-15-12/h1-4,12H,5,7-9H2. The fourth-order valence-corrected chi connectivity index (χ4v) is 1.72. The van der Waals surface area contributed by atoms with Crippen molar-refractivity contribution >= 4 is 0 Å². The molecule has 0 radical (unpaired) electrons. The van der Waals surface area contributed by atoms with Crippen molar-refractivity contribution in [3.8, 4) is 6.07 Å². The van der Waals surface area contributed by atoms with Gasteiger partial charge in [-0.1, -0.05) is 24.3 Å². The molecule has 3 nitrogen and oxygen atoms in total. The SMILES string of the molecule is N#CCc1ccccc1CC1OCCO1. The Hall–Kier alpha value is -1.37. The van der Waals surface area contributed by atoms with E-state index in [1.54, 1.807) is 0 Å². The molecule has 0 spiro atoms. The Labute approximate surface area is 89.2 Å². The van der Waals surface area contributed by atoms with Crippen molar-refractivity contribution in [1.29, 1.82) is 5.26 Å². The highest BCUT2D eigenvalue weighted by Gasteiger charge is 2.17. The van der Waals surface area contributed by atoms with Crippen LogP contribution in [-0.2, 0) is 22.3 Å². The normalized spacial score (nSPS) is 16.5. The lowest BCUT2D eigenvalue weighted by atomic mass is 10.0. The van der Waals surface area contributed by atoms with Crippen molar-refractivity contribution in [3.63, 3.8) is 0 Å². The van der Waals surface area contributed by atoms with Gasteiger partial charge < -0.3 is 9.47 Å². The van der Waals surface area contributed by atoms with Crippen LogP contribution >= 0.6 is 0 Å². The summed E-state index contributed by atoms with van der Waals surface area (Å²) < 4.78 is 10.8. The molecule has 0 amide bonds. The van der Waals surface area contributed by atoms with E-state index >= 15 is 0 Å². The number of nitriles is 1. The Morgan fingerprint density at radius 2 is 1.87 bits per heavy atom. The average molecular weight is 203 g/mol. The molecule has 1 aromatic carbocycles. The number of benzene rings is 1. The first-order valence-corrected chi connectivity index (χ1v) is 5.07. The number of nitrogens with zero attached hydrogens (tertiary/aromatic N) is 1. The molecule has 2 rings (SSSR count). The molecule has 0 atom stereocenters. The van der Waals surface area contributed by atoms with E-state index in [0.29, 0.717) is 19.6 Å². The molecule has 0 bridgehead atoms. The highest BCUT2D eigenvalue weighted by Crippen LogP contribution is 2.16. The van der Waals surface area contributed by atoms with Crippen LogP contribution in [0.25, 0.3) is 0 Å². The molecule has 0 aromatic heterocycles. The van der Waals surface area contributed by atoms with Crippen LogP contribution < -0.4 is 0 Å². The highest BCUT2D eigenvalue weighted by molar-refractivity contribution is 5.29. The largest absolute Gasteiger partial charge is 0.350 e. The van der Waals surface area contributed by atoms with E-state index in [9.17, 15) is 0 Å². The van der Waals surface area contributed by atoms with Crippen molar-refractivity contribution in [1.82, 2.24) is 0 Å². The minimum atomic E-state index is -0.134. The predicted molar refractivity (Wildman–Crippen MR) is 55.2 cm³/mol. The third kappa shape index (κ3) is 2.56. The molecule has 0 N–H and O–H groups in total. The smallest absolute Gasteiger partial charge is 0.161 e. The average Bonchev–Trinajstić information content (AvgIpc) is 2.74. The molecule has 0 aliphatic carbocycles. The summed E-state index contributed by atoms with van der Waals surface area (Å²) in [5.41, 5.74) is 2.21. The van der Waals surface area contributed by atoms with Gasteiger partial charge in [0.15, 0.2) is 6.29 Å². The van der Waals surface area contributed by atoms with Gasteiger partial charge in [-0.2, -0.15) is 5.26 Å². The zero-order chi connectivity index (χ0) is 10.5. The number of ether oxygens (including phenoxy) is 2. The molecule has 1 heterocycles. The quantitative estimate of drug-likeness (QED) is 0.750. The zero-order valence-electron chi connectivity index (χ0n) is 8.48. The maximum Gasteiger partial charge on any atom is 0.161 e. The van der Waals surface area contributed by atoms with Crippen molar-refractivity contribution in [3.05, 3.63) is 35.4 Å². The third-order valence-electron chi connectivity index (χ3n) is 2.47. The van der Waals surface area contributed by atoms with E-state index in [2.05, 4.69) is 6.07 Å². The number of rotatable bonds is 3. The summed E-state index contributed by atoms with van der Waals surface area (Å²) >= 11 is 0. The third-order valence-corrected chi connectivity index (χ3v) is 2.47. The summed E-state index contributed by atoms with van der Waals surface area (Å²) in [6.07, 6.45) is 1.05. The highest BCUT2D eigenvalue weighted by atomic mass is 16.7. The van der Waals surface area contributed by atoms with Crippen LogP contribution in [0.2, 0.25) is 0 Å². The lowest BCUT2D eigenvalue weighted by Gasteiger charge is -2.11. The molecule has 0 unspecified atom stereocenters. The first-order valence-electron chi connectivity index (χ1n) is 5.07. The van der Waals surface area contributed by atoms with Gasteiger partial charge in [-0.3, -0.25) is 0 Å². The predicted octanol–water partition coefficient (Wildman–Crippen LogP) is 1.67. The van der Waals surface area contributed by atoms with Gasteiger partial charge in [-0.25, -0.2) is 0 Å². The van der Waals surface area contributed by atoms with E-state index in [-0.39, 0.29) is 6.29 Å². The second-order valence-electron chi connectivity index (χ2n) is 3.48. The maximum atomic E-state index is 8.69. The van der Waals surface area contributed by atoms with Gasteiger partial charge in [0.1, 0.15) is 0 Å². The van der Waals surface area contributed by atoms with Crippen LogP contribution in [0.3, 0.4) is 0 Å². The fourth-order valence-electron chi connectivity index (χ4n) is 1.72. The summed E-state index contributed by atoms with van der Waals surface area (Å²) in [4.78, 5) is 0. The monoisotopic (exact) mass is 203 g/mol. The molecule has 0 saturated carbocycles. The molecular weight excluding hydrogens is 190 g/mol. The van der Waals surface area contributed by atoms with E-state index in [4.69, 9.17) is 14.7 Å². The summed E-state index contributed by atoms with van der Waals surface area (Å²) in [6, 6.07) is 10.1. The molecule has 1 fully saturated rings. The topological polar surface area (TPSA) is 42.2 Å². The van der Waals surface area contributed by atoms with Gasteiger partial charge in [-0.05, 0) is 11.1 Å². The van der Waals surface area contributed by atoms with E-state index in [1.807, 2.05) is 24.3 Å². The lowest BCUT2D eigenvalue weighted by Crippen LogP contribution is -2.12. The second-order valence-corrected chi connectivity index (χ2v) is 3.48. The maximum absolute atomic E-state index is 8.69. The van der Waals surface area contributed by atoms with Gasteiger partial charge >= 0.3 is 0 Å². The Balaban J connectivity index is 2.09. The second kappa shape index (κ2) is 4.92. The fraction of sp³-hybridized carbons (Fsp3) is 0.417. The first-order chi connectivity index (χ1) is 7.40. The molecular formula is C12H13NO2. The van der Waals surface area contributed by atoms with E-state index in [1.165, 1.54) is 0 Å². The van der Waals surface area contributed by atoms with Crippen molar-refractivity contribution in [2.75, 3.05) is 13.2 Å². The Morgan fingerprint density at radius 3 is 2.53 bits per heavy atom. The number of hydrogen-bond donors (Lipinski definition) is 0. The molecule has 78 valence electrons. The summed E-state index contributed by atoms with van der Waals surface area (Å²) in [5, 5.41) is 8.69. The Bertz CT molecular complexity index is 364. The van der Waals surface area contributed by atoms with Crippen LogP contribution in [0, 0.1) is 11.3 Å². The molecule has 1 aliphatic rings. The minimum absolute atomic E-state index is 0.134. The van der Waals surface area contributed by atoms with Crippen LogP contribution in [0.4, 0.5) is 0 Å². The Morgan fingerprint density at radius 1 is 1.20 bits per heavy atom. The molecule has 1 saturated heterocycles. The van der Waals surface area contributed by atoms with Gasteiger partial charge in [-0.15, -0.1) is 0 Å². The van der Waals surface area contributed by atoms with Crippen LogP contribution in [0.1, 0.15) is 11.1 Å². The van der Waals surface area contributed by atoms with E-state index in [0.717, 1.165) is 17.5 Å². The molecule has 15 heavy (non-hydrogen) atoms. The zero-order valence-corrected chi connectivity index (χ0v) is 8.48. The van der Waals surface area contributed by atoms with Crippen LogP contribution in [0.15, 0.2) is 24.3 Å². The van der Waals surface area contributed by atoms with Gasteiger partial charge in [0, 0.05) is 6.42 Å². The summed E-state index contributed by atoms with van der Waals surface area (Å²) in [6.45, 7) is 1.34. The lowest BCUT2D eigenvalue weighted by molar-refractivity contribution is -0.0401. The van der Waals surface area contributed by atoms with E-state index < -0.39 is 0 Å². The molecule has 3 heteroatoms. The Kier molecular flexibility index (Phi) is 3.33. The molecule has 1 aliphatic heterocycles. The van der Waals surface area contributed by atoms with Crippen molar-refractivity contribution < 1.29 is 9.47 Å². The van der Waals surface area contributed by atoms with Crippen molar-refractivity contribution in [2.45, 2.75) is 19.1 Å². The van der Waals surface area contributed by atoms with Gasteiger partial charge in [0.25, 0.3) is 0 Å². The molecule has 1 aromatic rings. The summed E-state index contributed by atoms with van der Waals surface area (Å²) in [5.74, 6) is 0.